The summed E-state index contributed by atoms with van der Waals surface area (Å²) in [5, 5.41) is 0. The van der Waals surface area contributed by atoms with Gasteiger partial charge < -0.3 is 0 Å². The molecule has 1 saturated carbocycles. The molecule has 1 heterocycles. The number of Topliss-reactive ketones (excluding diaryl/α,β-unsaturated/α-hetero) is 1. The molecule has 0 spiro atoms. The number of nitrogens with zero attached hydrogens (tertiary/aromatic N) is 1. The lowest BCUT2D eigenvalue weighted by Gasteiger charge is -2.23. The Hall–Kier alpha value is -0.370. The van der Waals surface area contributed by atoms with Crippen molar-refractivity contribution in [1.29, 1.82) is 0 Å². The van der Waals surface area contributed by atoms with Crippen LogP contribution in [0.15, 0.2) is 0 Å². The van der Waals surface area contributed by atoms with Gasteiger partial charge in [-0.1, -0.05) is 32.6 Å². The fraction of sp³-hybridized carbons (Fsp3) is 0.933. The highest BCUT2D eigenvalue weighted by Gasteiger charge is 2.27. The molecule has 2 rings (SSSR count). The van der Waals surface area contributed by atoms with Gasteiger partial charge >= 0.3 is 0 Å². The summed E-state index contributed by atoms with van der Waals surface area (Å²) in [6.07, 6.45) is 10.1. The zero-order valence-electron chi connectivity index (χ0n) is 11.3. The molecule has 2 nitrogen and oxygen atoms in total. The minimum absolute atomic E-state index is 0.397. The van der Waals surface area contributed by atoms with E-state index in [1.807, 2.05) is 0 Å². The molecule has 0 radical (unpaired) electrons. The topological polar surface area (TPSA) is 20.3 Å². The average Bonchev–Trinajstić information content (AvgIpc) is 2.78. The van der Waals surface area contributed by atoms with Crippen molar-refractivity contribution in [3.63, 3.8) is 0 Å². The Morgan fingerprint density at radius 2 is 1.94 bits per heavy atom. The van der Waals surface area contributed by atoms with E-state index in [9.17, 15) is 4.79 Å². The molecule has 1 unspecified atom stereocenters. The van der Waals surface area contributed by atoms with Gasteiger partial charge in [-0.05, 0) is 38.1 Å². The normalized spacial score (nSPS) is 27.5. The van der Waals surface area contributed by atoms with Gasteiger partial charge in [-0.2, -0.15) is 0 Å². The first-order valence-electron chi connectivity index (χ1n) is 7.54. The summed E-state index contributed by atoms with van der Waals surface area (Å²) >= 11 is 0. The van der Waals surface area contributed by atoms with Crippen molar-refractivity contribution in [2.75, 3.05) is 19.6 Å². The van der Waals surface area contributed by atoms with Gasteiger partial charge in [0.2, 0.25) is 0 Å². The van der Waals surface area contributed by atoms with Gasteiger partial charge in [0.15, 0.2) is 0 Å². The van der Waals surface area contributed by atoms with Crippen LogP contribution in [0, 0.1) is 11.8 Å². The molecule has 17 heavy (non-hydrogen) atoms. The van der Waals surface area contributed by atoms with E-state index in [4.69, 9.17) is 0 Å². The van der Waals surface area contributed by atoms with Gasteiger partial charge in [-0.15, -0.1) is 0 Å². The Labute approximate surface area is 106 Å². The van der Waals surface area contributed by atoms with Crippen LogP contribution in [0.5, 0.6) is 0 Å². The van der Waals surface area contributed by atoms with Crippen LogP contribution >= 0.6 is 0 Å². The Kier molecular flexibility index (Phi) is 5.02. The molecule has 1 aliphatic heterocycles. The van der Waals surface area contributed by atoms with Crippen LogP contribution < -0.4 is 0 Å². The van der Waals surface area contributed by atoms with E-state index in [1.54, 1.807) is 0 Å². The van der Waals surface area contributed by atoms with Crippen LogP contribution in [0.3, 0.4) is 0 Å². The van der Waals surface area contributed by atoms with E-state index < -0.39 is 0 Å². The van der Waals surface area contributed by atoms with Crippen LogP contribution in [0.1, 0.15) is 58.3 Å². The van der Waals surface area contributed by atoms with E-state index in [2.05, 4.69) is 11.8 Å². The molecule has 2 aliphatic rings. The molecule has 0 aromatic carbocycles. The highest BCUT2D eigenvalue weighted by molar-refractivity contribution is 5.83. The first-order valence-corrected chi connectivity index (χ1v) is 7.54. The van der Waals surface area contributed by atoms with Crippen LogP contribution in [0.2, 0.25) is 0 Å². The van der Waals surface area contributed by atoms with Gasteiger partial charge in [-0.3, -0.25) is 9.69 Å². The molecular weight excluding hydrogens is 210 g/mol. The van der Waals surface area contributed by atoms with E-state index in [0.717, 1.165) is 31.8 Å². The third kappa shape index (κ3) is 3.80. The van der Waals surface area contributed by atoms with Gasteiger partial charge in [0, 0.05) is 12.5 Å². The summed E-state index contributed by atoms with van der Waals surface area (Å²) in [5.74, 6) is 1.79. The highest BCUT2D eigenvalue weighted by atomic mass is 16.1. The number of ketones is 1. The lowest BCUT2D eigenvalue weighted by molar-refractivity contribution is -0.124. The van der Waals surface area contributed by atoms with Crippen LogP contribution in [0.4, 0.5) is 0 Å². The maximum atomic E-state index is 12.2. The molecular formula is C15H27NO. The van der Waals surface area contributed by atoms with E-state index >= 15 is 0 Å². The second-order valence-electron chi connectivity index (χ2n) is 5.98. The first kappa shape index (κ1) is 13.1. The van der Waals surface area contributed by atoms with Gasteiger partial charge in [0.25, 0.3) is 0 Å². The molecule has 0 aromatic heterocycles. The van der Waals surface area contributed by atoms with Gasteiger partial charge in [0.1, 0.15) is 5.78 Å². The molecule has 1 atom stereocenters. The van der Waals surface area contributed by atoms with Gasteiger partial charge in [0.05, 0.1) is 6.54 Å². The number of rotatable bonds is 5. The number of carbonyl (C=O) groups excluding carboxylic acids is 1. The maximum absolute atomic E-state index is 12.2. The molecule has 1 aliphatic carbocycles. The summed E-state index contributed by atoms with van der Waals surface area (Å²) in [6, 6.07) is 0. The molecule has 2 heteroatoms. The highest BCUT2D eigenvalue weighted by Crippen LogP contribution is 2.26. The lowest BCUT2D eigenvalue weighted by atomic mass is 9.86. The smallest absolute Gasteiger partial charge is 0.149 e. The first-order chi connectivity index (χ1) is 8.29. The Morgan fingerprint density at radius 3 is 2.65 bits per heavy atom. The van der Waals surface area contributed by atoms with Crippen molar-refractivity contribution < 1.29 is 4.79 Å². The minimum atomic E-state index is 0.397. The SMILES string of the molecule is CCCC1CCN(CC(=O)C2CCCCC2)C1. The molecule has 2 fully saturated rings. The molecule has 1 saturated heterocycles. The summed E-state index contributed by atoms with van der Waals surface area (Å²) in [5.41, 5.74) is 0. The third-order valence-electron chi connectivity index (χ3n) is 4.51. The molecule has 0 aromatic rings. The van der Waals surface area contributed by atoms with E-state index in [-0.39, 0.29) is 0 Å². The van der Waals surface area contributed by atoms with Crippen molar-refractivity contribution in [2.24, 2.45) is 11.8 Å². The Bertz CT molecular complexity index is 245. The monoisotopic (exact) mass is 237 g/mol. The van der Waals surface area contributed by atoms with Crippen molar-refractivity contribution >= 4 is 5.78 Å². The maximum Gasteiger partial charge on any atom is 0.149 e. The van der Waals surface area contributed by atoms with Crippen LogP contribution in [-0.4, -0.2) is 30.3 Å². The molecule has 0 N–H and O–H groups in total. The summed E-state index contributed by atoms with van der Waals surface area (Å²) < 4.78 is 0. The van der Waals surface area contributed by atoms with Crippen molar-refractivity contribution in [3.8, 4) is 0 Å². The second-order valence-corrected chi connectivity index (χ2v) is 5.98. The predicted molar refractivity (Wildman–Crippen MR) is 71.0 cm³/mol. The fourth-order valence-corrected chi connectivity index (χ4v) is 3.47. The molecule has 98 valence electrons. The summed E-state index contributed by atoms with van der Waals surface area (Å²) in [6.45, 7) is 5.33. The largest absolute Gasteiger partial charge is 0.298 e. The fourth-order valence-electron chi connectivity index (χ4n) is 3.47. The zero-order valence-corrected chi connectivity index (χ0v) is 11.3. The zero-order chi connectivity index (χ0) is 12.1. The van der Waals surface area contributed by atoms with Crippen molar-refractivity contribution in [1.82, 2.24) is 4.90 Å². The van der Waals surface area contributed by atoms with Crippen molar-refractivity contribution in [2.45, 2.75) is 58.3 Å². The number of carbonyl (C=O) groups is 1. The number of hydrogen-bond donors (Lipinski definition) is 0. The standard InChI is InChI=1S/C15H27NO/c1-2-6-13-9-10-16(11-13)12-15(17)14-7-4-3-5-8-14/h13-14H,2-12H2,1H3. The Morgan fingerprint density at radius 1 is 1.18 bits per heavy atom. The molecule has 0 bridgehead atoms. The van der Waals surface area contributed by atoms with Crippen LogP contribution in [0.25, 0.3) is 0 Å². The molecule has 0 amide bonds. The summed E-state index contributed by atoms with van der Waals surface area (Å²) in [4.78, 5) is 14.6. The van der Waals surface area contributed by atoms with E-state index in [0.29, 0.717) is 11.7 Å². The second kappa shape index (κ2) is 6.53. The number of hydrogen-bond acceptors (Lipinski definition) is 2. The van der Waals surface area contributed by atoms with Crippen LogP contribution in [-0.2, 0) is 4.79 Å². The quantitative estimate of drug-likeness (QED) is 0.731. The minimum Gasteiger partial charge on any atom is -0.298 e. The number of likely N-dealkylation sites (tertiary alicyclic amines) is 1. The lowest BCUT2D eigenvalue weighted by Crippen LogP contribution is -2.32. The predicted octanol–water partition coefficient (Wildman–Crippen LogP) is 3.26. The van der Waals surface area contributed by atoms with Gasteiger partial charge in [-0.25, -0.2) is 0 Å². The Balaban J connectivity index is 1.71. The average molecular weight is 237 g/mol. The van der Waals surface area contributed by atoms with E-state index in [1.165, 1.54) is 45.1 Å². The van der Waals surface area contributed by atoms with Crippen molar-refractivity contribution in [3.05, 3.63) is 0 Å². The third-order valence-corrected chi connectivity index (χ3v) is 4.51. The summed E-state index contributed by atoms with van der Waals surface area (Å²) in [7, 11) is 0.